The maximum Gasteiger partial charge on any atom is 0.306 e. The minimum absolute atomic E-state index is 0.280. The Kier molecular flexibility index (Phi) is 2.55. The quantitative estimate of drug-likeness (QED) is 0.836. The van der Waals surface area contributed by atoms with Gasteiger partial charge in [-0.25, -0.2) is 0 Å². The van der Waals surface area contributed by atoms with Crippen LogP contribution in [0.25, 0.3) is 0 Å². The maximum atomic E-state index is 10.8. The third-order valence-electron chi connectivity index (χ3n) is 3.95. The van der Waals surface area contributed by atoms with Crippen molar-refractivity contribution in [3.8, 4) is 5.75 Å². The Balaban J connectivity index is 1.91. The third-order valence-corrected chi connectivity index (χ3v) is 3.95. The molecule has 96 valence electrons. The van der Waals surface area contributed by atoms with Gasteiger partial charge in [0.25, 0.3) is 0 Å². The van der Waals surface area contributed by atoms with E-state index in [-0.39, 0.29) is 12.8 Å². The lowest BCUT2D eigenvalue weighted by atomic mass is 9.67. The Hall–Kier alpha value is -1.55. The molecule has 1 aromatic carbocycles. The number of carbonyl (C=O) groups is 1. The number of fused-ring (bicyclic) bond motifs is 1. The minimum Gasteiger partial charge on any atom is -0.493 e. The summed E-state index contributed by atoms with van der Waals surface area (Å²) in [6, 6.07) is 5.77. The second-order valence-electron chi connectivity index (χ2n) is 5.22. The summed E-state index contributed by atoms with van der Waals surface area (Å²) in [6.07, 6.45) is 2.51. The van der Waals surface area contributed by atoms with Gasteiger partial charge in [-0.2, -0.15) is 0 Å². The number of aliphatic carboxylic acids is 1. The topological polar surface area (TPSA) is 66.8 Å². The van der Waals surface area contributed by atoms with E-state index in [0.29, 0.717) is 6.61 Å². The molecule has 0 unspecified atom stereocenters. The molecule has 1 aromatic rings. The molecular formula is C14H16O4. The molecule has 0 radical (unpaired) electrons. The van der Waals surface area contributed by atoms with Crippen molar-refractivity contribution in [2.45, 2.75) is 31.3 Å². The minimum atomic E-state index is -1.02. The Bertz CT molecular complexity index is 489. The van der Waals surface area contributed by atoms with E-state index >= 15 is 0 Å². The first-order valence-corrected chi connectivity index (χ1v) is 6.30. The normalized spacial score (nSPS) is 29.9. The van der Waals surface area contributed by atoms with Crippen molar-refractivity contribution in [3.05, 3.63) is 29.3 Å². The lowest BCUT2D eigenvalue weighted by molar-refractivity contribution is -0.159. The van der Waals surface area contributed by atoms with Crippen LogP contribution in [0.3, 0.4) is 0 Å². The first-order chi connectivity index (χ1) is 8.60. The number of para-hydroxylation sites is 1. The van der Waals surface area contributed by atoms with Gasteiger partial charge in [-0.05, 0) is 31.2 Å². The zero-order chi connectivity index (χ0) is 12.8. The summed E-state index contributed by atoms with van der Waals surface area (Å²) in [5, 5.41) is 19.4. The molecule has 0 saturated heterocycles. The lowest BCUT2D eigenvalue weighted by Crippen LogP contribution is -2.45. The predicted octanol–water partition coefficient (Wildman–Crippen LogP) is 1.69. The summed E-state index contributed by atoms with van der Waals surface area (Å²) in [6.45, 7) is 0.669. The number of aryl methyl sites for hydroxylation is 1. The second kappa shape index (κ2) is 3.99. The van der Waals surface area contributed by atoms with E-state index in [1.165, 1.54) is 0 Å². The zero-order valence-corrected chi connectivity index (χ0v) is 10.1. The van der Waals surface area contributed by atoms with Crippen LogP contribution in [-0.2, 0) is 16.8 Å². The van der Waals surface area contributed by atoms with Crippen molar-refractivity contribution in [2.75, 3.05) is 6.61 Å². The van der Waals surface area contributed by atoms with Gasteiger partial charge < -0.3 is 14.9 Å². The van der Waals surface area contributed by atoms with E-state index in [1.54, 1.807) is 0 Å². The lowest BCUT2D eigenvalue weighted by Gasteiger charge is -2.43. The van der Waals surface area contributed by atoms with Crippen molar-refractivity contribution >= 4 is 5.97 Å². The number of carboxylic acids is 1. The van der Waals surface area contributed by atoms with Gasteiger partial charge in [-0.1, -0.05) is 18.2 Å². The highest BCUT2D eigenvalue weighted by molar-refractivity contribution is 5.72. The molecule has 1 saturated carbocycles. The SMILES string of the molecule is O=C(O)C1CC(O)(c2cccc3c2OCCC3)C1. The van der Waals surface area contributed by atoms with Crippen LogP contribution in [0, 0.1) is 5.92 Å². The number of hydrogen-bond acceptors (Lipinski definition) is 3. The molecule has 0 spiro atoms. The maximum absolute atomic E-state index is 10.8. The van der Waals surface area contributed by atoms with Gasteiger partial charge in [0.1, 0.15) is 5.75 Å². The highest BCUT2D eigenvalue weighted by Crippen LogP contribution is 2.49. The van der Waals surface area contributed by atoms with E-state index in [0.717, 1.165) is 29.7 Å². The number of aliphatic hydroxyl groups is 1. The summed E-state index contributed by atoms with van der Waals surface area (Å²) < 4.78 is 5.66. The van der Waals surface area contributed by atoms with Crippen LogP contribution in [0.4, 0.5) is 0 Å². The Morgan fingerprint density at radius 2 is 2.17 bits per heavy atom. The molecule has 4 heteroatoms. The van der Waals surface area contributed by atoms with Crippen LogP contribution < -0.4 is 4.74 Å². The van der Waals surface area contributed by atoms with Gasteiger partial charge in [0.15, 0.2) is 0 Å². The molecule has 1 aliphatic heterocycles. The fourth-order valence-electron chi connectivity index (χ4n) is 2.91. The monoisotopic (exact) mass is 248 g/mol. The molecule has 1 aliphatic carbocycles. The van der Waals surface area contributed by atoms with Crippen LogP contribution in [0.15, 0.2) is 18.2 Å². The summed E-state index contributed by atoms with van der Waals surface area (Å²) in [7, 11) is 0. The van der Waals surface area contributed by atoms with Crippen molar-refractivity contribution < 1.29 is 19.7 Å². The van der Waals surface area contributed by atoms with Gasteiger partial charge in [-0.15, -0.1) is 0 Å². The molecule has 3 rings (SSSR count). The van der Waals surface area contributed by atoms with Crippen LogP contribution in [-0.4, -0.2) is 22.8 Å². The average Bonchev–Trinajstić information content (AvgIpc) is 2.34. The third kappa shape index (κ3) is 1.68. The van der Waals surface area contributed by atoms with Gasteiger partial charge >= 0.3 is 5.97 Å². The summed E-state index contributed by atoms with van der Waals surface area (Å²) >= 11 is 0. The molecule has 4 nitrogen and oxygen atoms in total. The fourth-order valence-corrected chi connectivity index (χ4v) is 2.91. The van der Waals surface area contributed by atoms with E-state index < -0.39 is 17.5 Å². The highest BCUT2D eigenvalue weighted by Gasteiger charge is 2.49. The summed E-state index contributed by atoms with van der Waals surface area (Å²) in [5.74, 6) is -0.491. The van der Waals surface area contributed by atoms with Crippen molar-refractivity contribution in [3.63, 3.8) is 0 Å². The molecule has 0 atom stereocenters. The first kappa shape index (κ1) is 11.5. The average molecular weight is 248 g/mol. The number of rotatable bonds is 2. The summed E-state index contributed by atoms with van der Waals surface area (Å²) in [4.78, 5) is 10.8. The molecule has 1 heterocycles. The summed E-state index contributed by atoms with van der Waals surface area (Å²) in [5.41, 5.74) is 0.856. The van der Waals surface area contributed by atoms with Crippen molar-refractivity contribution in [2.24, 2.45) is 5.92 Å². The Labute approximate surface area is 105 Å². The number of hydrogen-bond donors (Lipinski definition) is 2. The number of carboxylic acid groups (broad SMARTS) is 1. The van der Waals surface area contributed by atoms with Crippen LogP contribution in [0.1, 0.15) is 30.4 Å². The predicted molar refractivity (Wildman–Crippen MR) is 64.5 cm³/mol. The smallest absolute Gasteiger partial charge is 0.306 e. The van der Waals surface area contributed by atoms with Crippen LogP contribution >= 0.6 is 0 Å². The highest BCUT2D eigenvalue weighted by atomic mass is 16.5. The van der Waals surface area contributed by atoms with Gasteiger partial charge in [0, 0.05) is 5.56 Å². The van der Waals surface area contributed by atoms with Gasteiger partial charge in [-0.3, -0.25) is 4.79 Å². The van der Waals surface area contributed by atoms with Gasteiger partial charge in [0.05, 0.1) is 18.1 Å². The molecule has 1 fully saturated rings. The Morgan fingerprint density at radius 3 is 2.89 bits per heavy atom. The zero-order valence-electron chi connectivity index (χ0n) is 10.1. The Morgan fingerprint density at radius 1 is 1.39 bits per heavy atom. The largest absolute Gasteiger partial charge is 0.493 e. The van der Waals surface area contributed by atoms with Gasteiger partial charge in [0.2, 0.25) is 0 Å². The molecule has 0 aromatic heterocycles. The van der Waals surface area contributed by atoms with E-state index in [1.807, 2.05) is 18.2 Å². The van der Waals surface area contributed by atoms with Crippen molar-refractivity contribution in [1.29, 1.82) is 0 Å². The second-order valence-corrected chi connectivity index (χ2v) is 5.22. The molecule has 2 N–H and O–H groups in total. The van der Waals surface area contributed by atoms with E-state index in [2.05, 4.69) is 0 Å². The van der Waals surface area contributed by atoms with Crippen molar-refractivity contribution in [1.82, 2.24) is 0 Å². The standard InChI is InChI=1S/C14H16O4/c15-13(16)10-7-14(17,8-10)11-5-1-3-9-4-2-6-18-12(9)11/h1,3,5,10,17H,2,4,6-8H2,(H,15,16). The molecule has 0 bridgehead atoms. The van der Waals surface area contributed by atoms with E-state index in [4.69, 9.17) is 9.84 Å². The fraction of sp³-hybridized carbons (Fsp3) is 0.500. The number of benzene rings is 1. The molecular weight excluding hydrogens is 232 g/mol. The van der Waals surface area contributed by atoms with Crippen LogP contribution in [0.5, 0.6) is 5.75 Å². The molecule has 0 amide bonds. The number of ether oxygens (including phenoxy) is 1. The van der Waals surface area contributed by atoms with E-state index in [9.17, 15) is 9.90 Å². The molecule has 2 aliphatic rings. The molecule has 18 heavy (non-hydrogen) atoms. The van der Waals surface area contributed by atoms with Crippen LogP contribution in [0.2, 0.25) is 0 Å². The first-order valence-electron chi connectivity index (χ1n) is 6.30.